The minimum absolute atomic E-state index is 0.0778. The molecule has 3 rings (SSSR count). The van der Waals surface area contributed by atoms with E-state index in [0.717, 1.165) is 18.6 Å². The molecule has 2 atom stereocenters. The third kappa shape index (κ3) is 3.24. The molecule has 110 valence electrons. The van der Waals surface area contributed by atoms with E-state index in [1.54, 1.807) is 0 Å². The zero-order valence-electron chi connectivity index (χ0n) is 12.4. The van der Waals surface area contributed by atoms with Crippen LogP contribution in [0.3, 0.4) is 0 Å². The lowest BCUT2D eigenvalue weighted by Crippen LogP contribution is -2.18. The summed E-state index contributed by atoms with van der Waals surface area (Å²) >= 11 is 6.74. The molecule has 21 heavy (non-hydrogen) atoms. The van der Waals surface area contributed by atoms with Crippen LogP contribution in [0.2, 0.25) is 0 Å². The third-order valence-corrected chi connectivity index (χ3v) is 4.92. The minimum Gasteiger partial charge on any atom is -0.494 e. The Balaban J connectivity index is 1.72. The maximum absolute atomic E-state index is 6.74. The van der Waals surface area contributed by atoms with E-state index in [9.17, 15) is 0 Å². The summed E-state index contributed by atoms with van der Waals surface area (Å²) < 4.78 is 5.49. The van der Waals surface area contributed by atoms with Gasteiger partial charge in [0, 0.05) is 0 Å². The maximum atomic E-state index is 6.74. The van der Waals surface area contributed by atoms with E-state index in [0.29, 0.717) is 12.5 Å². The molecule has 0 amide bonds. The van der Waals surface area contributed by atoms with Gasteiger partial charge in [-0.3, -0.25) is 0 Å². The number of ether oxygens (including phenoxy) is 1. The first-order valence-corrected chi connectivity index (χ1v) is 8.15. The smallest absolute Gasteiger partial charge is 0.119 e. The second-order valence-corrected chi connectivity index (χ2v) is 6.15. The lowest BCUT2D eigenvalue weighted by molar-refractivity contribution is 0.340. The zero-order chi connectivity index (χ0) is 14.7. The number of alkyl halides is 1. The van der Waals surface area contributed by atoms with Crippen molar-refractivity contribution in [2.24, 2.45) is 5.92 Å². The number of halogens is 1. The summed E-state index contributed by atoms with van der Waals surface area (Å²) in [7, 11) is 0. The van der Waals surface area contributed by atoms with E-state index < -0.39 is 0 Å². The van der Waals surface area contributed by atoms with Crippen molar-refractivity contribution in [1.82, 2.24) is 0 Å². The molecule has 2 aromatic rings. The van der Waals surface area contributed by atoms with E-state index >= 15 is 0 Å². The van der Waals surface area contributed by atoms with Gasteiger partial charge in [0.1, 0.15) is 5.75 Å². The van der Waals surface area contributed by atoms with Gasteiger partial charge in [0.05, 0.1) is 12.0 Å². The fourth-order valence-electron chi connectivity index (χ4n) is 3.16. The van der Waals surface area contributed by atoms with Crippen LogP contribution in [0.5, 0.6) is 5.75 Å². The van der Waals surface area contributed by atoms with Crippen molar-refractivity contribution < 1.29 is 4.74 Å². The molecule has 0 aromatic heterocycles. The Morgan fingerprint density at radius 1 is 1.10 bits per heavy atom. The summed E-state index contributed by atoms with van der Waals surface area (Å²) in [5.41, 5.74) is 4.15. The average Bonchev–Trinajstić information content (AvgIpc) is 2.55. The summed E-state index contributed by atoms with van der Waals surface area (Å²) in [6, 6.07) is 17.0. The highest BCUT2D eigenvalue weighted by molar-refractivity contribution is 6.21. The van der Waals surface area contributed by atoms with Gasteiger partial charge >= 0.3 is 0 Å². The second-order valence-electron chi connectivity index (χ2n) is 5.68. The predicted molar refractivity (Wildman–Crippen MR) is 88.2 cm³/mol. The molecule has 0 heterocycles. The average molecular weight is 301 g/mol. The first-order valence-electron chi connectivity index (χ1n) is 7.71. The Bertz CT molecular complexity index is 591. The van der Waals surface area contributed by atoms with E-state index in [4.69, 9.17) is 16.3 Å². The SMILES string of the molecule is CCOc1ccc(C(Cl)C2CCc3ccccc3C2)cc1. The summed E-state index contributed by atoms with van der Waals surface area (Å²) in [6.45, 7) is 2.70. The van der Waals surface area contributed by atoms with Crippen LogP contribution in [0.4, 0.5) is 0 Å². The third-order valence-electron chi connectivity index (χ3n) is 4.31. The first-order chi connectivity index (χ1) is 10.3. The normalized spacial score (nSPS) is 18.9. The fourth-order valence-corrected chi connectivity index (χ4v) is 3.52. The summed E-state index contributed by atoms with van der Waals surface area (Å²) in [4.78, 5) is 0. The van der Waals surface area contributed by atoms with Crippen molar-refractivity contribution >= 4 is 11.6 Å². The lowest BCUT2D eigenvalue weighted by Gasteiger charge is -2.28. The lowest BCUT2D eigenvalue weighted by atomic mass is 9.80. The van der Waals surface area contributed by atoms with Gasteiger partial charge in [-0.15, -0.1) is 11.6 Å². The van der Waals surface area contributed by atoms with Crippen LogP contribution in [-0.2, 0) is 12.8 Å². The van der Waals surface area contributed by atoms with Crippen LogP contribution in [0, 0.1) is 5.92 Å². The molecule has 0 bridgehead atoms. The molecular formula is C19H21ClO. The molecule has 0 saturated heterocycles. The number of rotatable bonds is 4. The molecule has 0 N–H and O–H groups in total. The molecule has 2 heteroatoms. The molecule has 1 aliphatic carbocycles. The molecular weight excluding hydrogens is 280 g/mol. The molecule has 1 nitrogen and oxygen atoms in total. The van der Waals surface area contributed by atoms with Crippen LogP contribution < -0.4 is 4.74 Å². The molecule has 2 unspecified atom stereocenters. The van der Waals surface area contributed by atoms with Crippen LogP contribution in [-0.4, -0.2) is 6.61 Å². The molecule has 0 radical (unpaired) electrons. The quantitative estimate of drug-likeness (QED) is 0.708. The van der Waals surface area contributed by atoms with Crippen LogP contribution in [0.25, 0.3) is 0 Å². The van der Waals surface area contributed by atoms with Crippen molar-refractivity contribution in [3.63, 3.8) is 0 Å². The zero-order valence-corrected chi connectivity index (χ0v) is 13.1. The van der Waals surface area contributed by atoms with E-state index in [1.807, 2.05) is 19.1 Å². The summed E-state index contributed by atoms with van der Waals surface area (Å²) in [5, 5.41) is 0.0778. The number of hydrogen-bond acceptors (Lipinski definition) is 1. The molecule has 0 fully saturated rings. The minimum atomic E-state index is 0.0778. The van der Waals surface area contributed by atoms with Crippen molar-refractivity contribution in [2.75, 3.05) is 6.61 Å². The molecule has 0 spiro atoms. The van der Waals surface area contributed by atoms with Gasteiger partial charge in [0.25, 0.3) is 0 Å². The number of benzene rings is 2. The van der Waals surface area contributed by atoms with Crippen LogP contribution >= 0.6 is 11.6 Å². The van der Waals surface area contributed by atoms with Gasteiger partial charge in [0.15, 0.2) is 0 Å². The van der Waals surface area contributed by atoms with E-state index in [2.05, 4.69) is 36.4 Å². The molecule has 1 aliphatic rings. The second kappa shape index (κ2) is 6.53. The van der Waals surface area contributed by atoms with Crippen molar-refractivity contribution in [1.29, 1.82) is 0 Å². The first kappa shape index (κ1) is 14.5. The summed E-state index contributed by atoms with van der Waals surface area (Å²) in [6.07, 6.45) is 3.39. The monoisotopic (exact) mass is 300 g/mol. The van der Waals surface area contributed by atoms with Gasteiger partial charge in [-0.1, -0.05) is 36.4 Å². The van der Waals surface area contributed by atoms with Gasteiger partial charge in [0.2, 0.25) is 0 Å². The number of hydrogen-bond donors (Lipinski definition) is 0. The van der Waals surface area contributed by atoms with Gasteiger partial charge in [-0.25, -0.2) is 0 Å². The number of aryl methyl sites for hydroxylation is 1. The number of fused-ring (bicyclic) bond motifs is 1. The highest BCUT2D eigenvalue weighted by Gasteiger charge is 2.25. The molecule has 0 saturated carbocycles. The van der Waals surface area contributed by atoms with Gasteiger partial charge in [-0.2, -0.15) is 0 Å². The highest BCUT2D eigenvalue weighted by Crippen LogP contribution is 2.38. The summed E-state index contributed by atoms with van der Waals surface area (Å²) in [5.74, 6) is 1.43. The van der Waals surface area contributed by atoms with E-state index in [1.165, 1.54) is 23.1 Å². The Labute approximate surface area is 131 Å². The predicted octanol–water partition coefficient (Wildman–Crippen LogP) is 5.17. The van der Waals surface area contributed by atoms with E-state index in [-0.39, 0.29) is 5.38 Å². The van der Waals surface area contributed by atoms with Crippen LogP contribution in [0.1, 0.15) is 35.4 Å². The fraction of sp³-hybridized carbons (Fsp3) is 0.368. The largest absolute Gasteiger partial charge is 0.494 e. The Hall–Kier alpha value is -1.47. The Morgan fingerprint density at radius 3 is 2.52 bits per heavy atom. The van der Waals surface area contributed by atoms with Crippen molar-refractivity contribution in [3.05, 3.63) is 65.2 Å². The van der Waals surface area contributed by atoms with Gasteiger partial charge < -0.3 is 4.74 Å². The maximum Gasteiger partial charge on any atom is 0.119 e. The van der Waals surface area contributed by atoms with Crippen molar-refractivity contribution in [2.45, 2.75) is 31.6 Å². The van der Waals surface area contributed by atoms with Gasteiger partial charge in [-0.05, 0) is 60.9 Å². The molecule has 2 aromatic carbocycles. The topological polar surface area (TPSA) is 9.23 Å². The van der Waals surface area contributed by atoms with Crippen LogP contribution in [0.15, 0.2) is 48.5 Å². The standard InChI is InChI=1S/C19H21ClO/c1-2-21-18-11-9-15(10-12-18)19(20)17-8-7-14-5-3-4-6-16(14)13-17/h3-6,9-12,17,19H,2,7-8,13H2,1H3. The Kier molecular flexibility index (Phi) is 4.50. The van der Waals surface area contributed by atoms with Crippen molar-refractivity contribution in [3.8, 4) is 5.75 Å². The molecule has 0 aliphatic heterocycles. The highest BCUT2D eigenvalue weighted by atomic mass is 35.5. The Morgan fingerprint density at radius 2 is 1.81 bits per heavy atom.